The van der Waals surface area contributed by atoms with Crippen LogP contribution in [0.5, 0.6) is 5.75 Å². The second kappa shape index (κ2) is 3.73. The molecule has 1 aliphatic rings. The molecule has 0 atom stereocenters. The number of rotatable bonds is 1. The molecule has 1 aliphatic heterocycles. The van der Waals surface area contributed by atoms with Gasteiger partial charge in [0.25, 0.3) is 0 Å². The largest absolute Gasteiger partial charge is 0.508 e. The van der Waals surface area contributed by atoms with E-state index in [1.54, 1.807) is 18.3 Å². The van der Waals surface area contributed by atoms with E-state index in [-0.39, 0.29) is 11.6 Å². The molecule has 0 aromatic heterocycles. The Balaban J connectivity index is 2.45. The molecule has 0 fully saturated rings. The highest BCUT2D eigenvalue weighted by atomic mass is 19.1. The molecule has 0 amide bonds. The fraction of sp³-hybridized carbons (Fsp3) is 0.182. The smallest absolute Gasteiger partial charge is 0.132 e. The van der Waals surface area contributed by atoms with E-state index in [2.05, 4.69) is 5.10 Å². The van der Waals surface area contributed by atoms with E-state index in [0.29, 0.717) is 17.7 Å². The number of phenolic OH excluding ortho intramolecular Hbond substituents is 1. The number of allylic oxidation sites excluding steroid dienone is 1. The average molecular weight is 206 g/mol. The SMILES string of the molecule is CN1N=CCC=C1c1cc(O)ccc1F. The number of nitrogens with zero attached hydrogens (tertiary/aromatic N) is 2. The summed E-state index contributed by atoms with van der Waals surface area (Å²) in [4.78, 5) is 0. The van der Waals surface area contributed by atoms with Crippen LogP contribution in [0.15, 0.2) is 29.4 Å². The predicted molar refractivity (Wildman–Crippen MR) is 56.9 cm³/mol. The summed E-state index contributed by atoms with van der Waals surface area (Å²) in [5.41, 5.74) is 1.04. The monoisotopic (exact) mass is 206 g/mol. The van der Waals surface area contributed by atoms with Gasteiger partial charge in [0.15, 0.2) is 0 Å². The van der Waals surface area contributed by atoms with Gasteiger partial charge in [0.05, 0.1) is 5.70 Å². The number of hydrogen-bond donors (Lipinski definition) is 1. The molecular weight excluding hydrogens is 195 g/mol. The zero-order valence-electron chi connectivity index (χ0n) is 8.31. The lowest BCUT2D eigenvalue weighted by Gasteiger charge is -2.20. The molecule has 0 spiro atoms. The molecule has 1 aromatic rings. The molecule has 2 rings (SSSR count). The maximum atomic E-state index is 13.5. The summed E-state index contributed by atoms with van der Waals surface area (Å²) in [6.45, 7) is 0. The Kier molecular flexibility index (Phi) is 2.41. The van der Waals surface area contributed by atoms with Crippen molar-refractivity contribution in [3.63, 3.8) is 0 Å². The molecule has 15 heavy (non-hydrogen) atoms. The van der Waals surface area contributed by atoms with Crippen LogP contribution < -0.4 is 0 Å². The highest BCUT2D eigenvalue weighted by Crippen LogP contribution is 2.26. The number of phenols is 1. The number of hydrogen-bond acceptors (Lipinski definition) is 3. The van der Waals surface area contributed by atoms with Gasteiger partial charge in [0.2, 0.25) is 0 Å². The van der Waals surface area contributed by atoms with E-state index in [4.69, 9.17) is 0 Å². The quantitative estimate of drug-likeness (QED) is 0.764. The minimum absolute atomic E-state index is 0.0512. The Hall–Kier alpha value is -1.84. The number of halogens is 1. The van der Waals surface area contributed by atoms with Crippen LogP contribution in [-0.4, -0.2) is 23.4 Å². The van der Waals surface area contributed by atoms with Crippen LogP contribution in [0.1, 0.15) is 12.0 Å². The van der Waals surface area contributed by atoms with Crippen molar-refractivity contribution in [3.05, 3.63) is 35.7 Å². The van der Waals surface area contributed by atoms with E-state index < -0.39 is 0 Å². The van der Waals surface area contributed by atoms with Crippen molar-refractivity contribution in [2.45, 2.75) is 6.42 Å². The van der Waals surface area contributed by atoms with Crippen LogP contribution >= 0.6 is 0 Å². The molecular formula is C11H11FN2O. The highest BCUT2D eigenvalue weighted by Gasteiger charge is 2.13. The van der Waals surface area contributed by atoms with Crippen molar-refractivity contribution in [1.82, 2.24) is 5.01 Å². The first-order valence-corrected chi connectivity index (χ1v) is 4.63. The van der Waals surface area contributed by atoms with E-state index in [0.717, 1.165) is 0 Å². The van der Waals surface area contributed by atoms with Crippen LogP contribution in [0, 0.1) is 5.82 Å². The Labute approximate surface area is 87.1 Å². The van der Waals surface area contributed by atoms with E-state index >= 15 is 0 Å². The molecule has 0 bridgehead atoms. The lowest BCUT2D eigenvalue weighted by atomic mass is 10.1. The van der Waals surface area contributed by atoms with Gasteiger partial charge in [0.1, 0.15) is 11.6 Å². The van der Waals surface area contributed by atoms with Crippen LogP contribution in [0.25, 0.3) is 5.70 Å². The van der Waals surface area contributed by atoms with Crippen molar-refractivity contribution in [3.8, 4) is 5.75 Å². The minimum atomic E-state index is -0.358. The molecule has 1 aromatic carbocycles. The van der Waals surface area contributed by atoms with Gasteiger partial charge in [-0.15, -0.1) is 0 Å². The number of benzene rings is 1. The molecule has 1 heterocycles. The molecule has 78 valence electrons. The summed E-state index contributed by atoms with van der Waals surface area (Å²) >= 11 is 0. The van der Waals surface area contributed by atoms with Crippen molar-refractivity contribution in [2.24, 2.45) is 5.10 Å². The van der Waals surface area contributed by atoms with Crippen LogP contribution in [0.4, 0.5) is 4.39 Å². The van der Waals surface area contributed by atoms with Gasteiger partial charge in [0, 0.05) is 25.2 Å². The third-order valence-electron chi connectivity index (χ3n) is 2.25. The van der Waals surface area contributed by atoms with Gasteiger partial charge in [-0.3, -0.25) is 5.01 Å². The third kappa shape index (κ3) is 1.83. The molecule has 3 nitrogen and oxygen atoms in total. The van der Waals surface area contributed by atoms with Gasteiger partial charge < -0.3 is 5.11 Å². The molecule has 0 radical (unpaired) electrons. The lowest BCUT2D eigenvalue weighted by molar-refractivity contribution is 0.469. The van der Waals surface area contributed by atoms with Crippen LogP contribution in [0.2, 0.25) is 0 Å². The minimum Gasteiger partial charge on any atom is -0.508 e. The second-order valence-electron chi connectivity index (χ2n) is 3.31. The van der Waals surface area contributed by atoms with Gasteiger partial charge in [-0.2, -0.15) is 5.10 Å². The summed E-state index contributed by atoms with van der Waals surface area (Å²) in [7, 11) is 1.74. The summed E-state index contributed by atoms with van der Waals surface area (Å²) < 4.78 is 13.5. The van der Waals surface area contributed by atoms with Crippen LogP contribution in [-0.2, 0) is 0 Å². The first kappa shape index (κ1) is 9.71. The molecule has 0 saturated carbocycles. The average Bonchev–Trinajstić information content (AvgIpc) is 2.23. The summed E-state index contributed by atoms with van der Waals surface area (Å²) in [6.07, 6.45) is 4.28. The fourth-order valence-electron chi connectivity index (χ4n) is 1.52. The number of hydrazone groups is 1. The molecule has 0 saturated heterocycles. The molecule has 0 unspecified atom stereocenters. The topological polar surface area (TPSA) is 35.8 Å². The Morgan fingerprint density at radius 3 is 3.00 bits per heavy atom. The first-order valence-electron chi connectivity index (χ1n) is 4.63. The lowest BCUT2D eigenvalue weighted by Crippen LogP contribution is -2.13. The highest BCUT2D eigenvalue weighted by molar-refractivity contribution is 5.73. The van der Waals surface area contributed by atoms with Gasteiger partial charge >= 0.3 is 0 Å². The fourth-order valence-corrected chi connectivity index (χ4v) is 1.52. The van der Waals surface area contributed by atoms with Gasteiger partial charge in [-0.25, -0.2) is 4.39 Å². The van der Waals surface area contributed by atoms with E-state index in [1.807, 2.05) is 6.08 Å². The van der Waals surface area contributed by atoms with Crippen molar-refractivity contribution >= 4 is 11.9 Å². The maximum Gasteiger partial charge on any atom is 0.132 e. The van der Waals surface area contributed by atoms with Crippen molar-refractivity contribution < 1.29 is 9.50 Å². The van der Waals surface area contributed by atoms with Crippen molar-refractivity contribution in [2.75, 3.05) is 7.05 Å². The maximum absolute atomic E-state index is 13.5. The van der Waals surface area contributed by atoms with E-state index in [1.165, 1.54) is 18.2 Å². The summed E-state index contributed by atoms with van der Waals surface area (Å²) in [5, 5.41) is 14.9. The molecule has 4 heteroatoms. The summed E-state index contributed by atoms with van der Waals surface area (Å²) in [5.74, 6) is -0.307. The zero-order chi connectivity index (χ0) is 10.8. The number of aromatic hydroxyl groups is 1. The Bertz CT molecular complexity index is 440. The van der Waals surface area contributed by atoms with Gasteiger partial charge in [-0.1, -0.05) is 6.08 Å². The zero-order valence-corrected chi connectivity index (χ0v) is 8.31. The van der Waals surface area contributed by atoms with Gasteiger partial charge in [-0.05, 0) is 18.2 Å². The molecule has 1 N–H and O–H groups in total. The molecule has 0 aliphatic carbocycles. The van der Waals surface area contributed by atoms with Crippen LogP contribution in [0.3, 0.4) is 0 Å². The standard InChI is InChI=1S/C11H11FN2O/c1-14-11(3-2-6-13-14)9-7-8(15)4-5-10(9)12/h3-7,15H,2H2,1H3. The third-order valence-corrected chi connectivity index (χ3v) is 2.25. The second-order valence-corrected chi connectivity index (χ2v) is 3.31. The Morgan fingerprint density at radius 2 is 2.27 bits per heavy atom. The van der Waals surface area contributed by atoms with Crippen molar-refractivity contribution in [1.29, 1.82) is 0 Å². The normalized spacial score (nSPS) is 15.3. The summed E-state index contributed by atoms with van der Waals surface area (Å²) in [6, 6.07) is 3.97. The van der Waals surface area contributed by atoms with E-state index in [9.17, 15) is 9.50 Å². The predicted octanol–water partition coefficient (Wildman–Crippen LogP) is 2.19. The first-order chi connectivity index (χ1) is 7.18. The Morgan fingerprint density at radius 1 is 1.47 bits per heavy atom.